The molecule has 1 aliphatic rings. The van der Waals surface area contributed by atoms with Gasteiger partial charge in [-0.15, -0.1) is 0 Å². The molecule has 1 aliphatic heterocycles. The van der Waals surface area contributed by atoms with E-state index >= 15 is 0 Å². The van der Waals surface area contributed by atoms with E-state index in [4.69, 9.17) is 21.1 Å². The zero-order valence-corrected chi connectivity index (χ0v) is 15.0. The fourth-order valence-electron chi connectivity index (χ4n) is 2.17. The van der Waals surface area contributed by atoms with Crippen molar-refractivity contribution in [3.8, 4) is 5.75 Å². The summed E-state index contributed by atoms with van der Waals surface area (Å²) < 4.78 is 11.6. The summed E-state index contributed by atoms with van der Waals surface area (Å²) in [5.41, 5.74) is -0.197. The molecule has 0 bridgehead atoms. The molecule has 0 aromatic heterocycles. The normalized spacial score (nSPS) is 17.5. The quantitative estimate of drug-likeness (QED) is 0.380. The van der Waals surface area contributed by atoms with Gasteiger partial charge in [0.2, 0.25) is 5.75 Å². The van der Waals surface area contributed by atoms with Crippen molar-refractivity contribution < 1.29 is 14.4 Å². The lowest BCUT2D eigenvalue weighted by Gasteiger charge is -2.35. The predicted octanol–water partition coefficient (Wildman–Crippen LogP) is 4.58. The largest absolute Gasteiger partial charge is 0.485 e. The first-order valence-electron chi connectivity index (χ1n) is 6.37. The lowest BCUT2D eigenvalue weighted by Crippen LogP contribution is -2.36. The Morgan fingerprint density at radius 1 is 1.43 bits per heavy atom. The number of alkyl halides is 1. The second-order valence-corrected chi connectivity index (χ2v) is 6.88. The molecule has 1 aromatic carbocycles. The predicted molar refractivity (Wildman–Crippen MR) is 87.6 cm³/mol. The first kappa shape index (κ1) is 17.0. The summed E-state index contributed by atoms with van der Waals surface area (Å²) in [5, 5.41) is 12.2. The standard InChI is InChI=1S/C13H14Br2ClNO4/c14-7-13(1-3-20-4-2-13)8-21-12-10(15)5-9(16)6-11(12)17(18)19/h5-6H,1-4,7-8H2. The van der Waals surface area contributed by atoms with E-state index in [1.807, 2.05) is 0 Å². The summed E-state index contributed by atoms with van der Waals surface area (Å²) in [6, 6.07) is 2.89. The summed E-state index contributed by atoms with van der Waals surface area (Å²) in [4.78, 5) is 10.7. The van der Waals surface area contributed by atoms with E-state index in [0.717, 1.165) is 18.2 Å². The number of nitro benzene ring substituents is 1. The number of nitrogens with zero attached hydrogens (tertiary/aromatic N) is 1. The lowest BCUT2D eigenvalue weighted by atomic mass is 9.83. The van der Waals surface area contributed by atoms with Crippen LogP contribution in [-0.4, -0.2) is 30.1 Å². The van der Waals surface area contributed by atoms with Crippen LogP contribution < -0.4 is 4.74 Å². The number of rotatable bonds is 5. The molecular formula is C13H14Br2ClNO4. The van der Waals surface area contributed by atoms with E-state index in [9.17, 15) is 10.1 Å². The second-order valence-electron chi connectivity index (χ2n) is 5.03. The van der Waals surface area contributed by atoms with Gasteiger partial charge in [-0.3, -0.25) is 10.1 Å². The summed E-state index contributed by atoms with van der Waals surface area (Å²) in [6.07, 6.45) is 1.72. The van der Waals surface area contributed by atoms with Gasteiger partial charge in [0, 0.05) is 35.0 Å². The average Bonchev–Trinajstić information content (AvgIpc) is 2.46. The van der Waals surface area contributed by atoms with Crippen molar-refractivity contribution in [2.45, 2.75) is 12.8 Å². The third-order valence-corrected chi connectivity index (χ3v) is 5.54. The Morgan fingerprint density at radius 2 is 2.10 bits per heavy atom. The Kier molecular flexibility index (Phi) is 5.88. The van der Waals surface area contributed by atoms with Crippen LogP contribution in [0.2, 0.25) is 5.02 Å². The molecule has 2 rings (SSSR count). The van der Waals surface area contributed by atoms with Crippen LogP contribution in [0.4, 0.5) is 5.69 Å². The number of hydrogen-bond acceptors (Lipinski definition) is 4. The van der Waals surface area contributed by atoms with E-state index in [1.54, 1.807) is 6.07 Å². The van der Waals surface area contributed by atoms with Crippen molar-refractivity contribution in [1.29, 1.82) is 0 Å². The maximum atomic E-state index is 11.1. The minimum atomic E-state index is -0.489. The van der Waals surface area contributed by atoms with Crippen molar-refractivity contribution >= 4 is 49.1 Å². The van der Waals surface area contributed by atoms with E-state index in [2.05, 4.69) is 31.9 Å². The lowest BCUT2D eigenvalue weighted by molar-refractivity contribution is -0.386. The van der Waals surface area contributed by atoms with Crippen molar-refractivity contribution in [3.05, 3.63) is 31.7 Å². The van der Waals surface area contributed by atoms with Crippen LogP contribution in [0, 0.1) is 15.5 Å². The minimum absolute atomic E-state index is 0.0643. The molecule has 0 aliphatic carbocycles. The fraction of sp³-hybridized carbons (Fsp3) is 0.538. The van der Waals surface area contributed by atoms with Crippen LogP contribution in [0.5, 0.6) is 5.75 Å². The molecule has 0 amide bonds. The summed E-state index contributed by atoms with van der Waals surface area (Å²) in [5.74, 6) is 0.219. The number of hydrogen-bond donors (Lipinski definition) is 0. The highest BCUT2D eigenvalue weighted by Crippen LogP contribution is 2.40. The van der Waals surface area contributed by atoms with Gasteiger partial charge in [-0.05, 0) is 34.8 Å². The smallest absolute Gasteiger partial charge is 0.313 e. The first-order chi connectivity index (χ1) is 9.97. The van der Waals surface area contributed by atoms with Crippen LogP contribution in [-0.2, 0) is 4.74 Å². The molecule has 0 radical (unpaired) electrons. The van der Waals surface area contributed by atoms with E-state index in [1.165, 1.54) is 6.07 Å². The highest BCUT2D eigenvalue weighted by molar-refractivity contribution is 9.10. The van der Waals surface area contributed by atoms with Gasteiger partial charge in [0.25, 0.3) is 0 Å². The van der Waals surface area contributed by atoms with E-state index < -0.39 is 4.92 Å². The number of nitro groups is 1. The Morgan fingerprint density at radius 3 is 2.67 bits per heavy atom. The molecule has 116 valence electrons. The molecule has 1 fully saturated rings. The molecule has 0 N–H and O–H groups in total. The molecule has 5 nitrogen and oxygen atoms in total. The molecular weight excluding hydrogens is 429 g/mol. The number of halogens is 3. The van der Waals surface area contributed by atoms with Crippen LogP contribution in [0.3, 0.4) is 0 Å². The summed E-state index contributed by atoms with van der Waals surface area (Å²) in [6.45, 7) is 1.75. The monoisotopic (exact) mass is 441 g/mol. The Balaban J connectivity index is 2.21. The third kappa shape index (κ3) is 4.09. The van der Waals surface area contributed by atoms with Crippen LogP contribution in [0.25, 0.3) is 0 Å². The summed E-state index contributed by atoms with van der Waals surface area (Å²) in [7, 11) is 0. The molecule has 0 unspecified atom stereocenters. The Labute approximate surface area is 144 Å². The van der Waals surface area contributed by atoms with Gasteiger partial charge >= 0.3 is 5.69 Å². The van der Waals surface area contributed by atoms with Crippen LogP contribution in [0.15, 0.2) is 16.6 Å². The molecule has 21 heavy (non-hydrogen) atoms. The molecule has 1 aromatic rings. The van der Waals surface area contributed by atoms with E-state index in [-0.39, 0.29) is 16.9 Å². The van der Waals surface area contributed by atoms with E-state index in [0.29, 0.717) is 29.3 Å². The zero-order chi connectivity index (χ0) is 15.5. The average molecular weight is 444 g/mol. The van der Waals surface area contributed by atoms with Gasteiger partial charge in [0.05, 0.1) is 16.0 Å². The fourth-order valence-corrected chi connectivity index (χ4v) is 3.80. The zero-order valence-electron chi connectivity index (χ0n) is 11.1. The van der Waals surface area contributed by atoms with Gasteiger partial charge in [0.15, 0.2) is 0 Å². The molecule has 8 heteroatoms. The second kappa shape index (κ2) is 7.26. The maximum absolute atomic E-state index is 11.1. The van der Waals surface area contributed by atoms with Gasteiger partial charge in [-0.2, -0.15) is 0 Å². The van der Waals surface area contributed by atoms with Crippen LogP contribution >= 0.6 is 43.5 Å². The molecule has 0 atom stereocenters. The maximum Gasteiger partial charge on any atom is 0.313 e. The van der Waals surface area contributed by atoms with Crippen LogP contribution in [0.1, 0.15) is 12.8 Å². The summed E-state index contributed by atoms with van der Waals surface area (Å²) >= 11 is 12.7. The first-order valence-corrected chi connectivity index (χ1v) is 8.67. The van der Waals surface area contributed by atoms with Gasteiger partial charge in [0.1, 0.15) is 0 Å². The van der Waals surface area contributed by atoms with Gasteiger partial charge in [-0.1, -0.05) is 27.5 Å². The third-order valence-electron chi connectivity index (χ3n) is 3.55. The Bertz CT molecular complexity index is 535. The van der Waals surface area contributed by atoms with Gasteiger partial charge in [-0.25, -0.2) is 0 Å². The molecule has 0 spiro atoms. The number of benzene rings is 1. The highest BCUT2D eigenvalue weighted by Gasteiger charge is 2.33. The molecule has 1 heterocycles. The van der Waals surface area contributed by atoms with Crippen molar-refractivity contribution in [1.82, 2.24) is 0 Å². The highest BCUT2D eigenvalue weighted by atomic mass is 79.9. The minimum Gasteiger partial charge on any atom is -0.485 e. The SMILES string of the molecule is O=[N+]([O-])c1cc(Cl)cc(Br)c1OCC1(CBr)CCOCC1. The molecule has 0 saturated carbocycles. The number of ether oxygens (including phenoxy) is 2. The Hall–Kier alpha value is -0.370. The topological polar surface area (TPSA) is 61.6 Å². The van der Waals surface area contributed by atoms with Crippen molar-refractivity contribution in [3.63, 3.8) is 0 Å². The van der Waals surface area contributed by atoms with Gasteiger partial charge < -0.3 is 9.47 Å². The van der Waals surface area contributed by atoms with Crippen molar-refractivity contribution in [2.24, 2.45) is 5.41 Å². The van der Waals surface area contributed by atoms with Crippen molar-refractivity contribution in [2.75, 3.05) is 25.2 Å². The molecule has 1 saturated heterocycles.